The zero-order valence-corrected chi connectivity index (χ0v) is 26.6. The minimum atomic E-state index is -1.28. The van der Waals surface area contributed by atoms with Crippen molar-refractivity contribution in [3.63, 3.8) is 0 Å². The molecule has 3 aromatic rings. The Kier molecular flexibility index (Phi) is 10.4. The first-order chi connectivity index (χ1) is 21.3. The predicted molar refractivity (Wildman–Crippen MR) is 169 cm³/mol. The van der Waals surface area contributed by atoms with Crippen molar-refractivity contribution in [2.45, 2.75) is 63.3 Å². The lowest BCUT2D eigenvalue weighted by atomic mass is 10.1. The summed E-state index contributed by atoms with van der Waals surface area (Å²) in [5.74, 6) is -0.802. The summed E-state index contributed by atoms with van der Waals surface area (Å²) in [6.07, 6.45) is -1.41. The highest BCUT2D eigenvalue weighted by Gasteiger charge is 2.43. The Morgan fingerprint density at radius 3 is 2.44 bits per heavy atom. The third-order valence-electron chi connectivity index (χ3n) is 7.05. The molecule has 0 bridgehead atoms. The van der Waals surface area contributed by atoms with E-state index in [2.05, 4.69) is 10.6 Å². The Labute approximate surface area is 266 Å². The molecule has 4 amide bonds. The van der Waals surface area contributed by atoms with Crippen LogP contribution in [0.5, 0.6) is 11.5 Å². The molecule has 240 valence electrons. The molecule has 4 atom stereocenters. The van der Waals surface area contributed by atoms with E-state index in [4.69, 9.17) is 36.5 Å². The number of hydrogen-bond donors (Lipinski definition) is 3. The zero-order chi connectivity index (χ0) is 32.9. The summed E-state index contributed by atoms with van der Waals surface area (Å²) in [5, 5.41) is 4.89. The number of methoxy groups -OCH3 is 1. The molecule has 0 saturated carbocycles. The molecule has 1 saturated heterocycles. The minimum Gasteiger partial charge on any atom is -0.497 e. The molecule has 2 heterocycles. The first-order valence-corrected chi connectivity index (χ1v) is 14.9. The summed E-state index contributed by atoms with van der Waals surface area (Å²) < 4.78 is 17.2. The summed E-state index contributed by atoms with van der Waals surface area (Å²) in [5.41, 5.74) is 7.06. The topological polar surface area (TPSA) is 162 Å². The third-order valence-corrected chi connectivity index (χ3v) is 7.25. The van der Waals surface area contributed by atoms with Crippen LogP contribution < -0.4 is 25.8 Å². The van der Waals surface area contributed by atoms with Gasteiger partial charge >= 0.3 is 6.09 Å². The number of halogens is 1. The summed E-state index contributed by atoms with van der Waals surface area (Å²) in [6, 6.07) is 14.5. The second kappa shape index (κ2) is 14.0. The molecule has 1 aromatic heterocycles. The van der Waals surface area contributed by atoms with Gasteiger partial charge < -0.3 is 35.5 Å². The van der Waals surface area contributed by atoms with Gasteiger partial charge in [-0.3, -0.25) is 14.4 Å². The third kappa shape index (κ3) is 8.53. The van der Waals surface area contributed by atoms with E-state index >= 15 is 0 Å². The second-order valence-corrected chi connectivity index (χ2v) is 12.4. The van der Waals surface area contributed by atoms with E-state index in [9.17, 15) is 19.2 Å². The van der Waals surface area contributed by atoms with E-state index < -0.39 is 53.0 Å². The van der Waals surface area contributed by atoms with Gasteiger partial charge in [-0.05, 0) is 39.8 Å². The number of alkyl halides is 1. The second-order valence-electron chi connectivity index (χ2n) is 11.7. The van der Waals surface area contributed by atoms with Gasteiger partial charge in [0.05, 0.1) is 24.9 Å². The number of ether oxygens (including phenoxy) is 3. The number of alkyl carbamates (subject to hydrolysis) is 1. The van der Waals surface area contributed by atoms with Crippen LogP contribution in [0.3, 0.4) is 0 Å². The van der Waals surface area contributed by atoms with Crippen molar-refractivity contribution in [1.29, 1.82) is 0 Å². The highest BCUT2D eigenvalue weighted by molar-refractivity contribution is 6.30. The molecule has 1 aliphatic rings. The van der Waals surface area contributed by atoms with Crippen molar-refractivity contribution in [1.82, 2.24) is 20.5 Å². The standard InChI is InChI=1S/C32H38ClN5O7/c1-18(33)29(40)35-16-25(37-31(42)45-32(2,3)4)30(41)38-17-21(14-26(38)28(34)39)44-27-15-23(19-9-7-6-8-10-19)36-24-13-20(43-5)11-12-22(24)27/h6-13,15,18,21,25-26H,14,16-17H2,1-5H3,(H2,34,39)(H,35,40)(H,37,42)/t18-,21+,25-,26-/m0/s1. The molecule has 0 spiro atoms. The van der Waals surface area contributed by atoms with Gasteiger partial charge in [-0.15, -0.1) is 11.6 Å². The first kappa shape index (κ1) is 33.3. The predicted octanol–water partition coefficient (Wildman–Crippen LogP) is 3.38. The van der Waals surface area contributed by atoms with E-state index in [1.165, 1.54) is 11.8 Å². The SMILES string of the molecule is COc1ccc2c(O[C@@H]3C[C@@H](C(N)=O)N(C(=O)[C@H](CNC(=O)[C@H](C)Cl)NC(=O)OC(C)(C)C)C3)cc(-c3ccccc3)nc2c1. The summed E-state index contributed by atoms with van der Waals surface area (Å²) in [7, 11) is 1.57. The number of likely N-dealkylation sites (tertiary alicyclic amines) is 1. The fourth-order valence-corrected chi connectivity index (χ4v) is 5.00. The molecule has 0 aliphatic carbocycles. The first-order valence-electron chi connectivity index (χ1n) is 14.5. The van der Waals surface area contributed by atoms with Gasteiger partial charge in [0.1, 0.15) is 40.7 Å². The molecule has 0 radical (unpaired) electrons. The highest BCUT2D eigenvalue weighted by Crippen LogP contribution is 2.34. The van der Waals surface area contributed by atoms with Crippen molar-refractivity contribution in [3.8, 4) is 22.8 Å². The van der Waals surface area contributed by atoms with Crippen LogP contribution >= 0.6 is 11.6 Å². The maximum Gasteiger partial charge on any atom is 0.408 e. The van der Waals surface area contributed by atoms with Gasteiger partial charge in [0, 0.05) is 36.0 Å². The quantitative estimate of drug-likeness (QED) is 0.284. The summed E-state index contributed by atoms with van der Waals surface area (Å²) in [4.78, 5) is 57.3. The number of amides is 4. The monoisotopic (exact) mass is 639 g/mol. The number of primary amides is 1. The number of carbonyl (C=O) groups is 4. The Morgan fingerprint density at radius 1 is 1.11 bits per heavy atom. The van der Waals surface area contributed by atoms with Gasteiger partial charge in [0.25, 0.3) is 0 Å². The van der Waals surface area contributed by atoms with Crippen LogP contribution in [0.2, 0.25) is 0 Å². The maximum absolute atomic E-state index is 13.8. The molecule has 4 N–H and O–H groups in total. The van der Waals surface area contributed by atoms with Crippen LogP contribution in [0.1, 0.15) is 34.1 Å². The number of nitrogens with one attached hydrogen (secondary N) is 2. The van der Waals surface area contributed by atoms with Crippen LogP contribution in [-0.4, -0.2) is 83.1 Å². The summed E-state index contributed by atoms with van der Waals surface area (Å²) >= 11 is 5.87. The lowest BCUT2D eigenvalue weighted by Crippen LogP contribution is -2.57. The Hall–Kier alpha value is -4.58. The van der Waals surface area contributed by atoms with Gasteiger partial charge in [-0.2, -0.15) is 0 Å². The Bertz CT molecular complexity index is 1560. The maximum atomic E-state index is 13.8. The van der Waals surface area contributed by atoms with E-state index in [0.717, 1.165) is 5.56 Å². The molecule has 45 heavy (non-hydrogen) atoms. The molecule has 0 unspecified atom stereocenters. The van der Waals surface area contributed by atoms with E-state index in [1.807, 2.05) is 42.5 Å². The van der Waals surface area contributed by atoms with Crippen LogP contribution in [0.15, 0.2) is 54.6 Å². The van der Waals surface area contributed by atoms with Crippen molar-refractivity contribution in [3.05, 3.63) is 54.6 Å². The lowest BCUT2D eigenvalue weighted by Gasteiger charge is -2.29. The number of fused-ring (bicyclic) bond motifs is 1. The number of pyridine rings is 1. The fourth-order valence-electron chi connectivity index (χ4n) is 4.93. The number of nitrogens with zero attached hydrogens (tertiary/aromatic N) is 2. The van der Waals surface area contributed by atoms with Crippen LogP contribution in [0.4, 0.5) is 4.79 Å². The van der Waals surface area contributed by atoms with Crippen molar-refractivity contribution < 1.29 is 33.4 Å². The highest BCUT2D eigenvalue weighted by atomic mass is 35.5. The number of carbonyl (C=O) groups excluding carboxylic acids is 4. The van der Waals surface area contributed by atoms with E-state index in [-0.39, 0.29) is 19.5 Å². The smallest absolute Gasteiger partial charge is 0.408 e. The molecule has 1 aliphatic heterocycles. The van der Waals surface area contributed by atoms with Gasteiger partial charge in [0.2, 0.25) is 17.7 Å². The molecular formula is C32H38ClN5O7. The molecule has 2 aromatic carbocycles. The van der Waals surface area contributed by atoms with Crippen molar-refractivity contribution in [2.24, 2.45) is 5.73 Å². The van der Waals surface area contributed by atoms with Crippen LogP contribution in [0.25, 0.3) is 22.2 Å². The van der Waals surface area contributed by atoms with Gasteiger partial charge in [-0.1, -0.05) is 30.3 Å². The molecule has 4 rings (SSSR count). The minimum absolute atomic E-state index is 0.0144. The normalized spacial score (nSPS) is 17.7. The number of nitrogens with two attached hydrogens (primary N) is 1. The van der Waals surface area contributed by atoms with Gasteiger partial charge in [-0.25, -0.2) is 9.78 Å². The Balaban J connectivity index is 1.62. The average Bonchev–Trinajstić information content (AvgIpc) is 3.42. The van der Waals surface area contributed by atoms with E-state index in [1.54, 1.807) is 40.0 Å². The number of benzene rings is 2. The van der Waals surface area contributed by atoms with E-state index in [0.29, 0.717) is 28.1 Å². The van der Waals surface area contributed by atoms with Crippen molar-refractivity contribution >= 4 is 46.3 Å². The largest absolute Gasteiger partial charge is 0.497 e. The van der Waals surface area contributed by atoms with Crippen LogP contribution in [0, 0.1) is 0 Å². The fraction of sp³-hybridized carbons (Fsp3) is 0.406. The molecular weight excluding hydrogens is 602 g/mol. The average molecular weight is 640 g/mol. The number of hydrogen-bond acceptors (Lipinski definition) is 8. The van der Waals surface area contributed by atoms with Crippen LogP contribution in [-0.2, 0) is 19.1 Å². The van der Waals surface area contributed by atoms with Gasteiger partial charge in [0.15, 0.2) is 0 Å². The molecule has 12 nitrogen and oxygen atoms in total. The molecule has 13 heteroatoms. The molecule has 1 fully saturated rings. The van der Waals surface area contributed by atoms with Crippen molar-refractivity contribution in [2.75, 3.05) is 20.2 Å². The summed E-state index contributed by atoms with van der Waals surface area (Å²) in [6.45, 7) is 6.19. The number of aromatic nitrogens is 1. The Morgan fingerprint density at radius 2 is 1.82 bits per heavy atom. The number of rotatable bonds is 10. The lowest BCUT2D eigenvalue weighted by molar-refractivity contribution is -0.139. The zero-order valence-electron chi connectivity index (χ0n) is 25.8.